The summed E-state index contributed by atoms with van der Waals surface area (Å²) in [5.41, 5.74) is 0.475. The van der Waals surface area contributed by atoms with Crippen LogP contribution in [-0.2, 0) is 0 Å². The summed E-state index contributed by atoms with van der Waals surface area (Å²) in [6.07, 6.45) is 0. The van der Waals surface area contributed by atoms with Crippen molar-refractivity contribution in [3.63, 3.8) is 0 Å². The largest absolute Gasteiger partial charge is 0.455 e. The maximum atomic E-state index is 12.6. The van der Waals surface area contributed by atoms with Crippen LogP contribution in [0.3, 0.4) is 0 Å². The lowest BCUT2D eigenvalue weighted by Crippen LogP contribution is -2.34. The summed E-state index contributed by atoms with van der Waals surface area (Å²) in [6.45, 7) is 0. The number of hydrogen-bond donors (Lipinski definition) is 2. The van der Waals surface area contributed by atoms with Gasteiger partial charge in [0.15, 0.2) is 0 Å². The van der Waals surface area contributed by atoms with Crippen molar-refractivity contribution in [1.82, 2.24) is 5.32 Å². The summed E-state index contributed by atoms with van der Waals surface area (Å²) in [4.78, 5) is 24.7. The van der Waals surface area contributed by atoms with Gasteiger partial charge in [0.05, 0.1) is 10.6 Å². The third kappa shape index (κ3) is 5.78. The van der Waals surface area contributed by atoms with Crippen LogP contribution in [0.1, 0.15) is 10.4 Å². The standard InChI is InChI=1S/C20H12Cl4N2O3/c21-11-5-6-18(16(24)10-11)29-17-4-2-1-3-15(17)19(27)26-20(28)25-14-8-12(22)7-13(23)9-14/h1-10H,(H2,25,26,27,28). The van der Waals surface area contributed by atoms with Crippen LogP contribution in [-0.4, -0.2) is 11.9 Å². The third-order valence-electron chi connectivity index (χ3n) is 3.59. The van der Waals surface area contributed by atoms with Crippen molar-refractivity contribution in [2.45, 2.75) is 0 Å². The zero-order chi connectivity index (χ0) is 21.0. The van der Waals surface area contributed by atoms with Gasteiger partial charge >= 0.3 is 6.03 Å². The van der Waals surface area contributed by atoms with Crippen LogP contribution >= 0.6 is 46.4 Å². The number of para-hydroxylation sites is 1. The maximum Gasteiger partial charge on any atom is 0.326 e. The van der Waals surface area contributed by atoms with Crippen LogP contribution < -0.4 is 15.4 Å². The number of rotatable bonds is 4. The van der Waals surface area contributed by atoms with Gasteiger partial charge in [-0.25, -0.2) is 4.79 Å². The van der Waals surface area contributed by atoms with Crippen LogP contribution in [0.15, 0.2) is 60.7 Å². The topological polar surface area (TPSA) is 67.4 Å². The van der Waals surface area contributed by atoms with Gasteiger partial charge in [-0.2, -0.15) is 0 Å². The Morgan fingerprint density at radius 2 is 1.45 bits per heavy atom. The molecule has 9 heteroatoms. The maximum absolute atomic E-state index is 12.6. The summed E-state index contributed by atoms with van der Waals surface area (Å²) in [5.74, 6) is -0.140. The fourth-order valence-electron chi connectivity index (χ4n) is 2.38. The summed E-state index contributed by atoms with van der Waals surface area (Å²) < 4.78 is 5.73. The number of hydrogen-bond acceptors (Lipinski definition) is 3. The predicted octanol–water partition coefficient (Wildman–Crippen LogP) is 7.05. The van der Waals surface area contributed by atoms with Gasteiger partial charge in [0.1, 0.15) is 11.5 Å². The Labute approximate surface area is 186 Å². The molecular weight excluding hydrogens is 458 g/mol. The quantitative estimate of drug-likeness (QED) is 0.429. The van der Waals surface area contributed by atoms with Crippen LogP contribution in [0.2, 0.25) is 20.1 Å². The van der Waals surface area contributed by atoms with Crippen molar-refractivity contribution in [2.75, 3.05) is 5.32 Å². The third-order valence-corrected chi connectivity index (χ3v) is 4.56. The smallest absolute Gasteiger partial charge is 0.326 e. The van der Waals surface area contributed by atoms with E-state index in [-0.39, 0.29) is 16.3 Å². The first-order chi connectivity index (χ1) is 13.8. The summed E-state index contributed by atoms with van der Waals surface area (Å²) >= 11 is 23.8. The minimum absolute atomic E-state index is 0.137. The number of benzene rings is 3. The molecule has 3 amide bonds. The molecule has 0 aliphatic rings. The molecule has 0 spiro atoms. The van der Waals surface area contributed by atoms with Gasteiger partial charge in [-0.1, -0.05) is 58.5 Å². The van der Waals surface area contributed by atoms with E-state index in [1.54, 1.807) is 30.3 Å². The molecule has 3 aromatic rings. The number of imide groups is 1. The van der Waals surface area contributed by atoms with Gasteiger partial charge in [0.25, 0.3) is 5.91 Å². The van der Waals surface area contributed by atoms with E-state index >= 15 is 0 Å². The molecular formula is C20H12Cl4N2O3. The van der Waals surface area contributed by atoms with E-state index in [4.69, 9.17) is 51.1 Å². The molecule has 0 unspecified atom stereocenters. The average Bonchev–Trinajstić information content (AvgIpc) is 2.63. The van der Waals surface area contributed by atoms with E-state index in [2.05, 4.69) is 10.6 Å². The van der Waals surface area contributed by atoms with Crippen LogP contribution in [0.25, 0.3) is 0 Å². The minimum atomic E-state index is -0.757. The van der Waals surface area contributed by atoms with Gasteiger partial charge in [-0.05, 0) is 48.5 Å². The van der Waals surface area contributed by atoms with Gasteiger partial charge in [0.2, 0.25) is 0 Å². The highest BCUT2D eigenvalue weighted by Crippen LogP contribution is 2.33. The van der Waals surface area contributed by atoms with Crippen molar-refractivity contribution in [1.29, 1.82) is 0 Å². The van der Waals surface area contributed by atoms with Crippen molar-refractivity contribution in [2.24, 2.45) is 0 Å². The first kappa shape index (κ1) is 21.3. The molecule has 2 N–H and O–H groups in total. The number of halogens is 4. The van der Waals surface area contributed by atoms with E-state index in [0.29, 0.717) is 26.5 Å². The summed E-state index contributed by atoms with van der Waals surface area (Å²) in [6, 6.07) is 14.9. The van der Waals surface area contributed by atoms with Crippen molar-refractivity contribution < 1.29 is 14.3 Å². The zero-order valence-corrected chi connectivity index (χ0v) is 17.5. The van der Waals surface area contributed by atoms with Crippen LogP contribution in [0, 0.1) is 0 Å². The lowest BCUT2D eigenvalue weighted by Gasteiger charge is -2.12. The highest BCUT2D eigenvalue weighted by atomic mass is 35.5. The summed E-state index contributed by atoms with van der Waals surface area (Å²) in [7, 11) is 0. The second-order valence-corrected chi connectivity index (χ2v) is 7.46. The Morgan fingerprint density at radius 1 is 0.759 bits per heavy atom. The fraction of sp³-hybridized carbons (Fsp3) is 0. The van der Waals surface area contributed by atoms with Crippen molar-refractivity contribution in [3.05, 3.63) is 86.3 Å². The molecule has 0 aliphatic carbocycles. The first-order valence-electron chi connectivity index (χ1n) is 8.12. The van der Waals surface area contributed by atoms with E-state index in [0.717, 1.165) is 0 Å². The second-order valence-electron chi connectivity index (χ2n) is 5.74. The van der Waals surface area contributed by atoms with E-state index < -0.39 is 11.9 Å². The zero-order valence-electron chi connectivity index (χ0n) is 14.5. The highest BCUT2D eigenvalue weighted by Gasteiger charge is 2.17. The SMILES string of the molecule is O=C(NC(=O)c1ccccc1Oc1ccc(Cl)cc1Cl)Nc1cc(Cl)cc(Cl)c1. The lowest BCUT2D eigenvalue weighted by atomic mass is 10.2. The van der Waals surface area contributed by atoms with E-state index in [1.165, 1.54) is 30.3 Å². The number of urea groups is 1. The molecule has 148 valence electrons. The molecule has 0 bridgehead atoms. The number of nitrogens with one attached hydrogen (secondary N) is 2. The second kappa shape index (κ2) is 9.37. The molecule has 0 saturated heterocycles. The molecule has 3 rings (SSSR count). The Morgan fingerprint density at radius 3 is 2.14 bits per heavy atom. The number of ether oxygens (including phenoxy) is 1. The highest BCUT2D eigenvalue weighted by molar-refractivity contribution is 6.36. The molecule has 5 nitrogen and oxygen atoms in total. The van der Waals surface area contributed by atoms with Gasteiger partial charge < -0.3 is 10.1 Å². The van der Waals surface area contributed by atoms with E-state index in [9.17, 15) is 9.59 Å². The van der Waals surface area contributed by atoms with Crippen LogP contribution in [0.5, 0.6) is 11.5 Å². The molecule has 0 atom stereocenters. The molecule has 0 aromatic heterocycles. The number of amides is 3. The molecule has 0 radical (unpaired) electrons. The molecule has 0 saturated carbocycles. The molecule has 3 aromatic carbocycles. The van der Waals surface area contributed by atoms with Gasteiger partial charge in [-0.3, -0.25) is 10.1 Å². The predicted molar refractivity (Wildman–Crippen MR) is 116 cm³/mol. The molecule has 0 fully saturated rings. The lowest BCUT2D eigenvalue weighted by molar-refractivity contribution is 0.0965. The number of anilines is 1. The first-order valence-corrected chi connectivity index (χ1v) is 9.63. The fourth-order valence-corrected chi connectivity index (χ4v) is 3.35. The monoisotopic (exact) mass is 468 g/mol. The summed E-state index contributed by atoms with van der Waals surface area (Å²) in [5, 5.41) is 6.14. The van der Waals surface area contributed by atoms with Crippen molar-refractivity contribution >= 4 is 64.0 Å². The van der Waals surface area contributed by atoms with E-state index in [1.807, 2.05) is 0 Å². The number of carbonyl (C=O) groups is 2. The Kier molecular flexibility index (Phi) is 6.87. The minimum Gasteiger partial charge on any atom is -0.455 e. The molecule has 0 aliphatic heterocycles. The number of carbonyl (C=O) groups excluding carboxylic acids is 2. The van der Waals surface area contributed by atoms with Gasteiger partial charge in [0, 0.05) is 20.8 Å². The van der Waals surface area contributed by atoms with Crippen LogP contribution in [0.4, 0.5) is 10.5 Å². The Balaban J connectivity index is 1.74. The van der Waals surface area contributed by atoms with Crippen molar-refractivity contribution in [3.8, 4) is 11.5 Å². The Hall–Kier alpha value is -2.44. The Bertz CT molecular complexity index is 1070. The van der Waals surface area contributed by atoms with Gasteiger partial charge in [-0.15, -0.1) is 0 Å². The molecule has 29 heavy (non-hydrogen) atoms. The normalized spacial score (nSPS) is 10.3. The molecule has 0 heterocycles. The average molecular weight is 470 g/mol.